The van der Waals surface area contributed by atoms with Gasteiger partial charge in [0.1, 0.15) is 0 Å². The van der Waals surface area contributed by atoms with Gasteiger partial charge in [-0.3, -0.25) is 4.57 Å². The van der Waals surface area contributed by atoms with Gasteiger partial charge in [-0.25, -0.2) is 0 Å². The average molecular weight is 240 g/mol. The second-order valence-electron chi connectivity index (χ2n) is 5.37. The lowest BCUT2D eigenvalue weighted by molar-refractivity contribution is 0.215. The molecule has 2 aliphatic rings. The summed E-state index contributed by atoms with van der Waals surface area (Å²) in [6.07, 6.45) is 9.12. The third-order valence-electron chi connectivity index (χ3n) is 3.17. The fraction of sp³-hybridized carbons (Fsp3) is 0.692. The Morgan fingerprint density at radius 1 is 1.31 bits per heavy atom. The van der Waals surface area contributed by atoms with Gasteiger partial charge in [0.2, 0.25) is 0 Å². The highest BCUT2D eigenvalue weighted by molar-refractivity contribution is 7.57. The number of allylic oxidation sites excluding steroid dienone is 3. The largest absolute Gasteiger partial charge is 0.321 e. The van der Waals surface area contributed by atoms with Crippen LogP contribution >= 0.6 is 7.37 Å². The maximum atomic E-state index is 11.8. The van der Waals surface area contributed by atoms with Gasteiger partial charge in [-0.1, -0.05) is 17.7 Å². The molecule has 0 bridgehead atoms. The van der Waals surface area contributed by atoms with E-state index in [1.54, 1.807) is 13.3 Å². The van der Waals surface area contributed by atoms with Crippen LogP contribution in [0.1, 0.15) is 32.6 Å². The molecule has 1 atom stereocenters. The quantitative estimate of drug-likeness (QED) is 0.694. The van der Waals surface area contributed by atoms with Gasteiger partial charge in [-0.15, -0.1) is 0 Å². The lowest BCUT2D eigenvalue weighted by Gasteiger charge is -2.24. The van der Waals surface area contributed by atoms with E-state index in [1.807, 2.05) is 0 Å². The van der Waals surface area contributed by atoms with Crippen LogP contribution in [0.5, 0.6) is 0 Å². The highest BCUT2D eigenvalue weighted by Gasteiger charge is 2.36. The lowest BCUT2D eigenvalue weighted by atomic mass is 9.93. The van der Waals surface area contributed by atoms with Gasteiger partial charge in [0.15, 0.2) is 7.37 Å². The summed E-state index contributed by atoms with van der Waals surface area (Å²) in [5.74, 6) is 0.617. The molecule has 2 nitrogen and oxygen atoms in total. The van der Waals surface area contributed by atoms with Crippen molar-refractivity contribution in [2.24, 2.45) is 5.92 Å². The fourth-order valence-electron chi connectivity index (χ4n) is 2.12. The van der Waals surface area contributed by atoms with Crippen LogP contribution in [0.4, 0.5) is 0 Å². The standard InChI is InChI=1S/C13H21O2P/c1-10-4-6-11(7-5-10)13(12-8-9-12)15-16(2,3)14/h4,6,12-13H,5,7-9H2,1-3H3. The number of rotatable bonds is 4. The summed E-state index contributed by atoms with van der Waals surface area (Å²) < 4.78 is 17.6. The van der Waals surface area contributed by atoms with Crippen LogP contribution in [0.2, 0.25) is 0 Å². The fourth-order valence-corrected chi connectivity index (χ4v) is 2.98. The van der Waals surface area contributed by atoms with Crippen LogP contribution in [-0.2, 0) is 9.09 Å². The molecule has 0 spiro atoms. The molecule has 0 aliphatic heterocycles. The van der Waals surface area contributed by atoms with E-state index in [0.717, 1.165) is 12.8 Å². The SMILES string of the molecule is CC1=CC=C(C(OP(C)(C)=O)C2CC2)CC1. The van der Waals surface area contributed by atoms with Crippen molar-refractivity contribution in [2.75, 3.05) is 13.3 Å². The highest BCUT2D eigenvalue weighted by Crippen LogP contribution is 2.48. The van der Waals surface area contributed by atoms with Crippen LogP contribution < -0.4 is 0 Å². The van der Waals surface area contributed by atoms with Gasteiger partial charge in [-0.05, 0) is 44.1 Å². The first-order valence-corrected chi connectivity index (χ1v) is 8.57. The number of hydrogen-bond donors (Lipinski definition) is 0. The Bertz CT molecular complexity index is 371. The van der Waals surface area contributed by atoms with Crippen molar-refractivity contribution in [3.63, 3.8) is 0 Å². The van der Waals surface area contributed by atoms with Crippen molar-refractivity contribution in [1.82, 2.24) is 0 Å². The predicted molar refractivity (Wildman–Crippen MR) is 68.1 cm³/mol. The third kappa shape index (κ3) is 3.33. The van der Waals surface area contributed by atoms with Crippen LogP contribution in [0, 0.1) is 5.92 Å². The Morgan fingerprint density at radius 3 is 2.44 bits per heavy atom. The van der Waals surface area contributed by atoms with Gasteiger partial charge >= 0.3 is 0 Å². The van der Waals surface area contributed by atoms with E-state index in [1.165, 1.54) is 24.0 Å². The maximum Gasteiger partial charge on any atom is 0.197 e. The summed E-state index contributed by atoms with van der Waals surface area (Å²) in [6, 6.07) is 0. The Kier molecular flexibility index (Phi) is 3.42. The predicted octanol–water partition coefficient (Wildman–Crippen LogP) is 3.99. The molecule has 16 heavy (non-hydrogen) atoms. The highest BCUT2D eigenvalue weighted by atomic mass is 31.2. The van der Waals surface area contributed by atoms with Gasteiger partial charge in [0.05, 0.1) is 6.10 Å². The van der Waals surface area contributed by atoms with Gasteiger partial charge < -0.3 is 4.52 Å². The van der Waals surface area contributed by atoms with E-state index in [4.69, 9.17) is 4.52 Å². The van der Waals surface area contributed by atoms with Crippen molar-refractivity contribution in [3.05, 3.63) is 23.3 Å². The van der Waals surface area contributed by atoms with Crippen LogP contribution in [0.3, 0.4) is 0 Å². The monoisotopic (exact) mass is 240 g/mol. The second kappa shape index (κ2) is 4.50. The molecule has 1 fully saturated rings. The first kappa shape index (κ1) is 12.1. The van der Waals surface area contributed by atoms with E-state index >= 15 is 0 Å². The topological polar surface area (TPSA) is 26.3 Å². The molecule has 0 radical (unpaired) electrons. The van der Waals surface area contributed by atoms with E-state index < -0.39 is 7.37 Å². The van der Waals surface area contributed by atoms with Crippen molar-refractivity contribution < 1.29 is 9.09 Å². The van der Waals surface area contributed by atoms with Crippen molar-refractivity contribution in [2.45, 2.75) is 38.7 Å². The smallest absolute Gasteiger partial charge is 0.197 e. The summed E-state index contributed by atoms with van der Waals surface area (Å²) in [4.78, 5) is 0. The molecule has 0 saturated heterocycles. The molecular weight excluding hydrogens is 219 g/mol. The van der Waals surface area contributed by atoms with Crippen molar-refractivity contribution in [1.29, 1.82) is 0 Å². The minimum absolute atomic E-state index is 0.116. The molecule has 0 aromatic carbocycles. The Balaban J connectivity index is 2.11. The van der Waals surface area contributed by atoms with Crippen LogP contribution in [0.15, 0.2) is 23.3 Å². The van der Waals surface area contributed by atoms with Gasteiger partial charge in [-0.2, -0.15) is 0 Å². The first-order valence-electron chi connectivity index (χ1n) is 6.05. The Labute approximate surface area is 98.2 Å². The molecule has 0 aromatic rings. The first-order chi connectivity index (χ1) is 7.46. The zero-order valence-electron chi connectivity index (χ0n) is 10.4. The minimum Gasteiger partial charge on any atom is -0.321 e. The zero-order chi connectivity index (χ0) is 11.8. The molecule has 0 heterocycles. The molecule has 90 valence electrons. The molecular formula is C13H21O2P. The molecule has 1 saturated carbocycles. The van der Waals surface area contributed by atoms with E-state index in [-0.39, 0.29) is 6.10 Å². The van der Waals surface area contributed by atoms with Gasteiger partial charge in [0.25, 0.3) is 0 Å². The Hall–Kier alpha value is -0.330. The van der Waals surface area contributed by atoms with Crippen molar-refractivity contribution in [3.8, 4) is 0 Å². The van der Waals surface area contributed by atoms with Crippen molar-refractivity contribution >= 4 is 7.37 Å². The lowest BCUT2D eigenvalue weighted by Crippen LogP contribution is -2.18. The summed E-state index contributed by atoms with van der Waals surface area (Å²) in [6.45, 7) is 5.59. The molecule has 2 aliphatic carbocycles. The Morgan fingerprint density at radius 2 is 2.00 bits per heavy atom. The molecule has 2 rings (SSSR count). The van der Waals surface area contributed by atoms with E-state index in [9.17, 15) is 4.57 Å². The van der Waals surface area contributed by atoms with Crippen LogP contribution in [0.25, 0.3) is 0 Å². The van der Waals surface area contributed by atoms with Crippen LogP contribution in [-0.4, -0.2) is 19.4 Å². The third-order valence-corrected chi connectivity index (χ3v) is 3.91. The molecule has 0 N–H and O–H groups in total. The number of hydrogen-bond acceptors (Lipinski definition) is 2. The molecule has 3 heteroatoms. The molecule has 0 aromatic heterocycles. The van der Waals surface area contributed by atoms with E-state index in [2.05, 4.69) is 19.1 Å². The molecule has 1 unspecified atom stereocenters. The van der Waals surface area contributed by atoms with E-state index in [0.29, 0.717) is 5.92 Å². The normalized spacial score (nSPS) is 23.7. The summed E-state index contributed by atoms with van der Waals surface area (Å²) in [5.41, 5.74) is 2.77. The summed E-state index contributed by atoms with van der Waals surface area (Å²) in [5, 5.41) is 0. The van der Waals surface area contributed by atoms with Gasteiger partial charge in [0, 0.05) is 13.3 Å². The summed E-state index contributed by atoms with van der Waals surface area (Å²) >= 11 is 0. The average Bonchev–Trinajstić information content (AvgIpc) is 2.97. The summed E-state index contributed by atoms with van der Waals surface area (Å²) in [7, 11) is -2.38. The zero-order valence-corrected chi connectivity index (χ0v) is 11.3. The second-order valence-corrected chi connectivity index (χ2v) is 8.08. The minimum atomic E-state index is -2.38. The maximum absolute atomic E-state index is 11.8. The molecule has 0 amide bonds.